The molecular formula is C23H20N2OS. The number of benzene rings is 3. The van der Waals surface area contributed by atoms with E-state index in [1.165, 1.54) is 47.2 Å². The number of H-pyrrole nitrogens is 2. The average molecular weight is 372 g/mol. The van der Waals surface area contributed by atoms with Crippen LogP contribution in [0.1, 0.15) is 24.0 Å². The topological polar surface area (TPSA) is 48.6 Å². The lowest BCUT2D eigenvalue weighted by molar-refractivity contribution is 0.690. The van der Waals surface area contributed by atoms with Crippen molar-refractivity contribution in [1.29, 1.82) is 0 Å². The number of aromatic nitrogens is 2. The zero-order valence-electron chi connectivity index (χ0n) is 14.9. The molecular weight excluding hydrogens is 352 g/mol. The van der Waals surface area contributed by atoms with E-state index in [0.29, 0.717) is 0 Å². The number of hydrogen-bond donors (Lipinski definition) is 2. The summed E-state index contributed by atoms with van der Waals surface area (Å²) in [6.07, 6.45) is 5.22. The van der Waals surface area contributed by atoms with Gasteiger partial charge in [-0.25, -0.2) is 4.79 Å². The summed E-state index contributed by atoms with van der Waals surface area (Å²) >= 11 is 1.57. The fraction of sp³-hybridized carbons (Fsp3) is 0.174. The molecule has 0 saturated heterocycles. The molecule has 1 aliphatic carbocycles. The van der Waals surface area contributed by atoms with E-state index in [2.05, 4.69) is 58.5 Å². The molecule has 0 unspecified atom stereocenters. The first-order chi connectivity index (χ1) is 13.3. The van der Waals surface area contributed by atoms with Crippen molar-refractivity contribution in [3.63, 3.8) is 0 Å². The van der Waals surface area contributed by atoms with Crippen LogP contribution >= 0.6 is 11.3 Å². The van der Waals surface area contributed by atoms with Crippen molar-refractivity contribution in [2.24, 2.45) is 0 Å². The van der Waals surface area contributed by atoms with Crippen molar-refractivity contribution >= 4 is 43.9 Å². The van der Waals surface area contributed by atoms with Gasteiger partial charge in [-0.15, -0.1) is 11.3 Å². The Kier molecular flexibility index (Phi) is 4.06. The average Bonchev–Trinajstić information content (AvgIpc) is 3.28. The number of nitrogens with one attached hydrogen (secondary N) is 2. The number of imidazole rings is 1. The first kappa shape index (κ1) is 16.3. The number of aryl methyl sites for hydroxylation is 2. The molecule has 0 spiro atoms. The quantitative estimate of drug-likeness (QED) is 0.332. The standard InChI is InChI=1S/C18H16.C5H4N2OS/c1-3-7-15-13(5-1)9-11-18-16-8-4-2-6-14(16)10-12-17(15)18;8-5-6-3-1-9-2-4(3)7-5/h1,3,5,7,9-12H,2,4,6,8H2;1-2H,(H2,6,7,8). The highest BCUT2D eigenvalue weighted by molar-refractivity contribution is 7.09. The second kappa shape index (κ2) is 6.71. The predicted molar refractivity (Wildman–Crippen MR) is 115 cm³/mol. The molecule has 2 heterocycles. The highest BCUT2D eigenvalue weighted by Gasteiger charge is 2.13. The molecule has 0 saturated carbocycles. The van der Waals surface area contributed by atoms with Crippen LogP contribution in [-0.4, -0.2) is 9.97 Å². The van der Waals surface area contributed by atoms with Crippen LogP contribution in [0.2, 0.25) is 0 Å². The molecule has 0 aliphatic heterocycles. The molecule has 4 heteroatoms. The van der Waals surface area contributed by atoms with Crippen LogP contribution in [0.15, 0.2) is 64.1 Å². The molecule has 0 atom stereocenters. The van der Waals surface area contributed by atoms with E-state index >= 15 is 0 Å². The van der Waals surface area contributed by atoms with Crippen LogP contribution in [0.4, 0.5) is 0 Å². The lowest BCUT2D eigenvalue weighted by Gasteiger charge is -2.18. The third kappa shape index (κ3) is 2.96. The van der Waals surface area contributed by atoms with Crippen molar-refractivity contribution < 1.29 is 0 Å². The van der Waals surface area contributed by atoms with Crippen molar-refractivity contribution in [1.82, 2.24) is 9.97 Å². The van der Waals surface area contributed by atoms with Gasteiger partial charge in [0, 0.05) is 10.8 Å². The fourth-order valence-electron chi connectivity index (χ4n) is 4.11. The number of hydrogen-bond acceptors (Lipinski definition) is 2. The second-order valence-electron chi connectivity index (χ2n) is 7.07. The minimum Gasteiger partial charge on any atom is -0.305 e. The summed E-state index contributed by atoms with van der Waals surface area (Å²) in [7, 11) is 0. The first-order valence-corrected chi connectivity index (χ1v) is 10.3. The highest BCUT2D eigenvalue weighted by Crippen LogP contribution is 2.33. The monoisotopic (exact) mass is 372 g/mol. The van der Waals surface area contributed by atoms with Gasteiger partial charge >= 0.3 is 5.69 Å². The third-order valence-electron chi connectivity index (χ3n) is 5.42. The Labute approximate surface area is 160 Å². The van der Waals surface area contributed by atoms with Crippen LogP contribution in [0.25, 0.3) is 32.6 Å². The van der Waals surface area contributed by atoms with Crippen molar-refractivity contribution in [3.05, 3.63) is 80.9 Å². The molecule has 27 heavy (non-hydrogen) atoms. The lowest BCUT2D eigenvalue weighted by atomic mass is 9.86. The number of fused-ring (bicyclic) bond motifs is 6. The minimum atomic E-state index is -0.132. The summed E-state index contributed by atoms with van der Waals surface area (Å²) in [5.74, 6) is 0. The van der Waals surface area contributed by atoms with Gasteiger partial charge in [0.2, 0.25) is 0 Å². The fourth-order valence-corrected chi connectivity index (χ4v) is 4.82. The number of thiophene rings is 1. The highest BCUT2D eigenvalue weighted by atomic mass is 32.1. The predicted octanol–water partition coefficient (Wildman–Crippen LogP) is 5.79. The smallest absolute Gasteiger partial charge is 0.305 e. The normalized spacial score (nSPS) is 13.5. The molecule has 2 aromatic heterocycles. The van der Waals surface area contributed by atoms with Crippen LogP contribution in [0.3, 0.4) is 0 Å². The largest absolute Gasteiger partial charge is 0.323 e. The van der Waals surface area contributed by atoms with Gasteiger partial charge in [0.25, 0.3) is 0 Å². The van der Waals surface area contributed by atoms with Gasteiger partial charge in [-0.2, -0.15) is 0 Å². The second-order valence-corrected chi connectivity index (χ2v) is 7.81. The van der Waals surface area contributed by atoms with Gasteiger partial charge in [0.05, 0.1) is 11.0 Å². The molecule has 134 valence electrons. The third-order valence-corrected chi connectivity index (χ3v) is 6.16. The molecule has 0 amide bonds. The molecule has 5 aromatic rings. The Morgan fingerprint density at radius 3 is 2.33 bits per heavy atom. The Morgan fingerprint density at radius 2 is 1.48 bits per heavy atom. The first-order valence-electron chi connectivity index (χ1n) is 9.36. The number of aromatic amines is 2. The van der Waals surface area contributed by atoms with E-state index in [1.54, 1.807) is 22.5 Å². The van der Waals surface area contributed by atoms with Gasteiger partial charge in [0.15, 0.2) is 0 Å². The maximum Gasteiger partial charge on any atom is 0.323 e. The van der Waals surface area contributed by atoms with E-state index in [9.17, 15) is 4.79 Å². The van der Waals surface area contributed by atoms with Crippen LogP contribution in [-0.2, 0) is 12.8 Å². The van der Waals surface area contributed by atoms with E-state index in [1.807, 2.05) is 10.8 Å². The van der Waals surface area contributed by atoms with Crippen LogP contribution in [0, 0.1) is 0 Å². The van der Waals surface area contributed by atoms with Crippen molar-refractivity contribution in [2.45, 2.75) is 25.7 Å². The zero-order valence-corrected chi connectivity index (χ0v) is 15.7. The van der Waals surface area contributed by atoms with Crippen molar-refractivity contribution in [3.8, 4) is 0 Å². The lowest BCUT2D eigenvalue weighted by Crippen LogP contribution is -2.02. The van der Waals surface area contributed by atoms with E-state index in [-0.39, 0.29) is 5.69 Å². The molecule has 2 N–H and O–H groups in total. The Bertz CT molecular complexity index is 1280. The van der Waals surface area contributed by atoms with Crippen LogP contribution < -0.4 is 5.69 Å². The summed E-state index contributed by atoms with van der Waals surface area (Å²) in [5, 5.41) is 9.43. The van der Waals surface area contributed by atoms with Gasteiger partial charge < -0.3 is 9.97 Å². The van der Waals surface area contributed by atoms with Gasteiger partial charge in [-0.05, 0) is 58.4 Å². The summed E-state index contributed by atoms with van der Waals surface area (Å²) < 4.78 is 0. The SMILES string of the molecule is O=c1[nH]c2cscc2[nH]1.c1ccc2c(c1)ccc1c3c(ccc12)CCCC3. The molecule has 3 aromatic carbocycles. The molecule has 6 rings (SSSR count). The van der Waals surface area contributed by atoms with E-state index in [0.717, 1.165) is 11.0 Å². The maximum atomic E-state index is 10.5. The van der Waals surface area contributed by atoms with E-state index in [4.69, 9.17) is 0 Å². The zero-order chi connectivity index (χ0) is 18.2. The molecule has 0 fully saturated rings. The summed E-state index contributed by atoms with van der Waals surface area (Å²) in [6.45, 7) is 0. The molecule has 0 radical (unpaired) electrons. The molecule has 1 aliphatic rings. The Morgan fingerprint density at radius 1 is 0.741 bits per heavy atom. The Balaban J connectivity index is 0.000000149. The summed E-state index contributed by atoms with van der Waals surface area (Å²) in [5.41, 5.74) is 4.83. The number of rotatable bonds is 0. The van der Waals surface area contributed by atoms with Gasteiger partial charge in [-0.3, -0.25) is 0 Å². The Hall–Kier alpha value is -2.85. The van der Waals surface area contributed by atoms with Gasteiger partial charge in [-0.1, -0.05) is 48.5 Å². The van der Waals surface area contributed by atoms with Crippen molar-refractivity contribution in [2.75, 3.05) is 0 Å². The molecule has 3 nitrogen and oxygen atoms in total. The van der Waals surface area contributed by atoms with E-state index < -0.39 is 0 Å². The maximum absolute atomic E-state index is 10.5. The molecule has 0 bridgehead atoms. The van der Waals surface area contributed by atoms with Gasteiger partial charge in [0.1, 0.15) is 0 Å². The summed E-state index contributed by atoms with van der Waals surface area (Å²) in [4.78, 5) is 15.8. The van der Waals surface area contributed by atoms with Crippen LogP contribution in [0.5, 0.6) is 0 Å². The minimum absolute atomic E-state index is 0.132. The summed E-state index contributed by atoms with van der Waals surface area (Å²) in [6, 6.07) is 18.0.